The summed E-state index contributed by atoms with van der Waals surface area (Å²) in [5.74, 6) is 1.01. The molecular formula is C27H25N3O4S. The first-order valence-electron chi connectivity index (χ1n) is 11.5. The number of hydrogen-bond donors (Lipinski definition) is 2. The monoisotopic (exact) mass is 487 g/mol. The van der Waals surface area contributed by atoms with Crippen molar-refractivity contribution in [3.63, 3.8) is 0 Å². The maximum atomic E-state index is 13.1. The summed E-state index contributed by atoms with van der Waals surface area (Å²) in [5, 5.41) is 3.53. The van der Waals surface area contributed by atoms with Crippen molar-refractivity contribution in [3.05, 3.63) is 98.5 Å². The van der Waals surface area contributed by atoms with E-state index in [-0.39, 0.29) is 30.8 Å². The van der Waals surface area contributed by atoms with Crippen molar-refractivity contribution < 1.29 is 14.3 Å². The molecule has 2 N–H and O–H groups in total. The molecule has 0 radical (unpaired) electrons. The number of carbonyl (C=O) groups excluding carboxylic acids is 1. The second-order valence-corrected chi connectivity index (χ2v) is 9.05. The highest BCUT2D eigenvalue weighted by Gasteiger charge is 2.17. The minimum atomic E-state index is -0.212. The molecule has 0 fully saturated rings. The van der Waals surface area contributed by atoms with E-state index in [1.807, 2.05) is 37.3 Å². The van der Waals surface area contributed by atoms with Crippen LogP contribution in [0.15, 0.2) is 71.5 Å². The van der Waals surface area contributed by atoms with Crippen molar-refractivity contribution >= 4 is 29.0 Å². The van der Waals surface area contributed by atoms with Crippen LogP contribution in [0, 0.1) is 4.77 Å². The third-order valence-electron chi connectivity index (χ3n) is 6.12. The number of nitrogens with zero attached hydrogens (tertiary/aromatic N) is 1. The van der Waals surface area contributed by atoms with Gasteiger partial charge in [-0.25, -0.2) is 0 Å². The molecule has 1 aliphatic rings. The number of fused-ring (bicyclic) bond motifs is 2. The number of aromatic amines is 1. The van der Waals surface area contributed by atoms with Gasteiger partial charge in [0.15, 0.2) is 16.3 Å². The number of ether oxygens (including phenoxy) is 2. The number of hydrogen-bond acceptors (Lipinski definition) is 5. The van der Waals surface area contributed by atoms with Gasteiger partial charge >= 0.3 is 0 Å². The zero-order valence-electron chi connectivity index (χ0n) is 19.2. The highest BCUT2D eigenvalue weighted by Crippen LogP contribution is 2.34. The fraction of sp³-hybridized carbons (Fsp3) is 0.222. The summed E-state index contributed by atoms with van der Waals surface area (Å²) >= 11 is 5.44. The fourth-order valence-corrected chi connectivity index (χ4v) is 4.39. The van der Waals surface area contributed by atoms with E-state index in [0.717, 1.165) is 18.4 Å². The molecule has 0 aliphatic carbocycles. The van der Waals surface area contributed by atoms with Crippen LogP contribution >= 0.6 is 12.2 Å². The maximum Gasteiger partial charge on any atom is 0.262 e. The molecule has 35 heavy (non-hydrogen) atoms. The molecule has 1 aromatic heterocycles. The van der Waals surface area contributed by atoms with Crippen molar-refractivity contribution in [3.8, 4) is 11.5 Å². The summed E-state index contributed by atoms with van der Waals surface area (Å²) < 4.78 is 12.6. The van der Waals surface area contributed by atoms with Crippen LogP contribution in [0.5, 0.6) is 11.5 Å². The van der Waals surface area contributed by atoms with E-state index in [0.29, 0.717) is 32.7 Å². The van der Waals surface area contributed by atoms with Crippen LogP contribution in [-0.4, -0.2) is 28.3 Å². The molecule has 2 heterocycles. The van der Waals surface area contributed by atoms with Gasteiger partial charge in [0.05, 0.1) is 17.4 Å². The lowest BCUT2D eigenvalue weighted by Gasteiger charge is -2.14. The quantitative estimate of drug-likeness (QED) is 0.373. The second kappa shape index (κ2) is 9.76. The number of aromatic nitrogens is 2. The average molecular weight is 488 g/mol. The third kappa shape index (κ3) is 4.97. The molecule has 5 rings (SSSR count). The topological polar surface area (TPSA) is 85.4 Å². The minimum Gasteiger partial charge on any atom is -0.454 e. The Balaban J connectivity index is 1.27. The van der Waals surface area contributed by atoms with Gasteiger partial charge < -0.3 is 19.8 Å². The van der Waals surface area contributed by atoms with Gasteiger partial charge in [-0.05, 0) is 61.3 Å². The van der Waals surface area contributed by atoms with E-state index in [2.05, 4.69) is 22.4 Å². The lowest BCUT2D eigenvalue weighted by atomic mass is 10.1. The first-order valence-corrected chi connectivity index (χ1v) is 11.9. The van der Waals surface area contributed by atoms with Gasteiger partial charge in [-0.15, -0.1) is 0 Å². The number of benzene rings is 3. The standard InChI is InChI=1S/C27H25N3O4S/c1-17(7-8-18-5-3-2-4-6-18)28-25(31)20-11-9-19(10-12-20)15-30-26(32)21-13-23-24(34-16-33-23)14-22(21)29-27(30)35/h2-6,9-14,17H,7-8,15-16H2,1H3,(H,28,31)(H,29,35). The largest absolute Gasteiger partial charge is 0.454 e. The Kier molecular flexibility index (Phi) is 6.37. The molecule has 0 bridgehead atoms. The molecule has 7 nitrogen and oxygen atoms in total. The summed E-state index contributed by atoms with van der Waals surface area (Å²) in [5.41, 5.74) is 3.08. The van der Waals surface area contributed by atoms with Gasteiger partial charge in [0.25, 0.3) is 11.5 Å². The first kappa shape index (κ1) is 22.9. The highest BCUT2D eigenvalue weighted by atomic mass is 32.1. The van der Waals surface area contributed by atoms with Gasteiger partial charge in [0.1, 0.15) is 0 Å². The van der Waals surface area contributed by atoms with Crippen molar-refractivity contribution in [1.29, 1.82) is 0 Å². The zero-order chi connectivity index (χ0) is 24.4. The highest BCUT2D eigenvalue weighted by molar-refractivity contribution is 7.71. The molecule has 4 aromatic rings. The van der Waals surface area contributed by atoms with Crippen LogP contribution in [-0.2, 0) is 13.0 Å². The summed E-state index contributed by atoms with van der Waals surface area (Å²) in [7, 11) is 0. The number of carbonyl (C=O) groups is 1. The molecule has 8 heteroatoms. The predicted octanol–water partition coefficient (Wildman–Crippen LogP) is 4.59. The SMILES string of the molecule is CC(CCc1ccccc1)NC(=O)c1ccc(Cn2c(=S)[nH]c3cc4c(cc3c2=O)OCO4)cc1. The molecule has 0 spiro atoms. The number of aryl methyl sites for hydroxylation is 1. The van der Waals surface area contributed by atoms with Crippen LogP contribution in [0.1, 0.15) is 34.8 Å². The van der Waals surface area contributed by atoms with Crippen LogP contribution in [0.25, 0.3) is 10.9 Å². The average Bonchev–Trinajstić information content (AvgIpc) is 3.33. The van der Waals surface area contributed by atoms with E-state index in [4.69, 9.17) is 21.7 Å². The Bertz CT molecular complexity index is 1490. The van der Waals surface area contributed by atoms with Crippen molar-refractivity contribution in [1.82, 2.24) is 14.9 Å². The third-order valence-corrected chi connectivity index (χ3v) is 6.44. The van der Waals surface area contributed by atoms with Crippen molar-refractivity contribution in [2.45, 2.75) is 32.4 Å². The van der Waals surface area contributed by atoms with E-state index in [9.17, 15) is 9.59 Å². The zero-order valence-corrected chi connectivity index (χ0v) is 20.1. The van der Waals surface area contributed by atoms with E-state index in [1.54, 1.807) is 24.3 Å². The number of H-pyrrole nitrogens is 1. The van der Waals surface area contributed by atoms with Gasteiger partial charge in [0, 0.05) is 17.7 Å². The molecule has 1 aliphatic heterocycles. The fourth-order valence-electron chi connectivity index (χ4n) is 4.14. The van der Waals surface area contributed by atoms with Crippen LogP contribution in [0.3, 0.4) is 0 Å². The Hall–Kier alpha value is -3.91. The summed E-state index contributed by atoms with van der Waals surface area (Å²) in [6.45, 7) is 2.43. The minimum absolute atomic E-state index is 0.0488. The molecule has 0 saturated heterocycles. The number of nitrogens with one attached hydrogen (secondary N) is 2. The normalized spacial score (nSPS) is 13.1. The summed E-state index contributed by atoms with van der Waals surface area (Å²) in [4.78, 5) is 28.9. The smallest absolute Gasteiger partial charge is 0.262 e. The Morgan fingerprint density at radius 3 is 2.51 bits per heavy atom. The lowest BCUT2D eigenvalue weighted by molar-refractivity contribution is 0.0938. The lowest BCUT2D eigenvalue weighted by Crippen LogP contribution is -2.32. The van der Waals surface area contributed by atoms with E-state index in [1.165, 1.54) is 10.1 Å². The Morgan fingerprint density at radius 1 is 1.06 bits per heavy atom. The first-order chi connectivity index (χ1) is 17.0. The Morgan fingerprint density at radius 2 is 1.77 bits per heavy atom. The predicted molar refractivity (Wildman–Crippen MR) is 137 cm³/mol. The summed E-state index contributed by atoms with van der Waals surface area (Å²) in [6.07, 6.45) is 1.77. The van der Waals surface area contributed by atoms with E-state index < -0.39 is 0 Å². The van der Waals surface area contributed by atoms with Crippen LogP contribution < -0.4 is 20.3 Å². The van der Waals surface area contributed by atoms with Gasteiger partial charge in [0.2, 0.25) is 6.79 Å². The van der Waals surface area contributed by atoms with Crippen molar-refractivity contribution in [2.75, 3.05) is 6.79 Å². The Labute approximate surface area is 207 Å². The van der Waals surface area contributed by atoms with E-state index >= 15 is 0 Å². The van der Waals surface area contributed by atoms with Crippen molar-refractivity contribution in [2.24, 2.45) is 0 Å². The van der Waals surface area contributed by atoms with Gasteiger partial charge in [-0.1, -0.05) is 42.5 Å². The number of amides is 1. The maximum absolute atomic E-state index is 13.1. The molecule has 3 aromatic carbocycles. The summed E-state index contributed by atoms with van der Waals surface area (Å²) in [6, 6.07) is 20.9. The second-order valence-electron chi connectivity index (χ2n) is 8.67. The van der Waals surface area contributed by atoms with Gasteiger partial charge in [-0.2, -0.15) is 0 Å². The molecule has 1 atom stereocenters. The molecular weight excluding hydrogens is 462 g/mol. The molecule has 178 valence electrons. The number of rotatable bonds is 7. The molecule has 0 saturated carbocycles. The van der Waals surface area contributed by atoms with Crippen LogP contribution in [0.2, 0.25) is 0 Å². The molecule has 1 unspecified atom stereocenters. The molecule has 1 amide bonds. The van der Waals surface area contributed by atoms with Gasteiger partial charge in [-0.3, -0.25) is 14.2 Å². The van der Waals surface area contributed by atoms with Crippen LogP contribution in [0.4, 0.5) is 0 Å².